The Morgan fingerprint density at radius 3 is 2.71 bits per heavy atom. The standard InChI is InChI=1S/C16H26N4O3S/c1-5-7-12-10-20(24(4,22)23)11-14(12)18-16(21)13-8-6-9-17-15(13)19(2)3/h6,8-9,12,14H,5,7,10-11H2,1-4H3,(H,18,21)/t12-,14-/m1/s1. The third kappa shape index (κ3) is 4.24. The number of rotatable bonds is 6. The molecule has 2 rings (SSSR count). The number of hydrogen-bond acceptors (Lipinski definition) is 5. The van der Waals surface area contributed by atoms with Crippen LogP contribution in [0.1, 0.15) is 30.1 Å². The summed E-state index contributed by atoms with van der Waals surface area (Å²) in [4.78, 5) is 18.7. The monoisotopic (exact) mass is 354 g/mol. The van der Waals surface area contributed by atoms with Gasteiger partial charge in [-0.15, -0.1) is 0 Å². The SMILES string of the molecule is CCC[C@@H]1CN(S(C)(=O)=O)C[C@H]1NC(=O)c1cccnc1N(C)C. The number of hydrogen-bond donors (Lipinski definition) is 1. The lowest BCUT2D eigenvalue weighted by molar-refractivity contribution is 0.0930. The van der Waals surface area contributed by atoms with E-state index in [0.29, 0.717) is 24.5 Å². The summed E-state index contributed by atoms with van der Waals surface area (Å²) in [6.07, 6.45) is 4.69. The number of nitrogens with zero attached hydrogens (tertiary/aromatic N) is 3. The van der Waals surface area contributed by atoms with Crippen LogP contribution in [0.3, 0.4) is 0 Å². The van der Waals surface area contributed by atoms with Gasteiger partial charge in [-0.25, -0.2) is 13.4 Å². The first kappa shape index (κ1) is 18.7. The number of anilines is 1. The second-order valence-electron chi connectivity index (χ2n) is 6.48. The average molecular weight is 354 g/mol. The molecule has 0 radical (unpaired) electrons. The lowest BCUT2D eigenvalue weighted by Gasteiger charge is -2.21. The van der Waals surface area contributed by atoms with E-state index in [4.69, 9.17) is 0 Å². The Morgan fingerprint density at radius 2 is 2.12 bits per heavy atom. The van der Waals surface area contributed by atoms with Gasteiger partial charge in [-0.2, -0.15) is 4.31 Å². The summed E-state index contributed by atoms with van der Waals surface area (Å²) in [6.45, 7) is 2.85. The van der Waals surface area contributed by atoms with Crippen LogP contribution in [0.15, 0.2) is 18.3 Å². The van der Waals surface area contributed by atoms with Crippen molar-refractivity contribution >= 4 is 21.7 Å². The maximum Gasteiger partial charge on any atom is 0.255 e. The molecule has 1 aliphatic rings. The molecule has 0 unspecified atom stereocenters. The quantitative estimate of drug-likeness (QED) is 0.822. The van der Waals surface area contributed by atoms with Gasteiger partial charge in [0.2, 0.25) is 10.0 Å². The summed E-state index contributed by atoms with van der Waals surface area (Å²) in [5.74, 6) is 0.515. The second kappa shape index (κ2) is 7.48. The van der Waals surface area contributed by atoms with Crippen molar-refractivity contribution in [1.82, 2.24) is 14.6 Å². The van der Waals surface area contributed by atoms with Gasteiger partial charge in [0, 0.05) is 39.4 Å². The molecule has 2 atom stereocenters. The number of nitrogens with one attached hydrogen (secondary N) is 1. The fraction of sp³-hybridized carbons (Fsp3) is 0.625. The largest absolute Gasteiger partial charge is 0.362 e. The molecule has 0 aliphatic carbocycles. The van der Waals surface area contributed by atoms with Crippen molar-refractivity contribution in [1.29, 1.82) is 0 Å². The molecule has 0 spiro atoms. The van der Waals surface area contributed by atoms with Crippen LogP contribution in [-0.2, 0) is 10.0 Å². The highest BCUT2D eigenvalue weighted by Crippen LogP contribution is 2.24. The van der Waals surface area contributed by atoms with Crippen molar-refractivity contribution in [2.24, 2.45) is 5.92 Å². The summed E-state index contributed by atoms with van der Waals surface area (Å²) < 4.78 is 25.1. The van der Waals surface area contributed by atoms with E-state index in [1.165, 1.54) is 10.6 Å². The molecule has 1 aromatic heterocycles. The van der Waals surface area contributed by atoms with Crippen LogP contribution in [0.2, 0.25) is 0 Å². The van der Waals surface area contributed by atoms with E-state index in [-0.39, 0.29) is 17.9 Å². The Kier molecular flexibility index (Phi) is 5.82. The van der Waals surface area contributed by atoms with Crippen LogP contribution in [0, 0.1) is 5.92 Å². The molecule has 8 heteroatoms. The van der Waals surface area contributed by atoms with Gasteiger partial charge >= 0.3 is 0 Å². The fourth-order valence-electron chi connectivity index (χ4n) is 3.11. The van der Waals surface area contributed by atoms with Crippen molar-refractivity contribution < 1.29 is 13.2 Å². The first-order valence-corrected chi connectivity index (χ1v) is 9.97. The molecule has 134 valence electrons. The molecule has 2 heterocycles. The maximum absolute atomic E-state index is 12.7. The van der Waals surface area contributed by atoms with Crippen molar-refractivity contribution in [3.63, 3.8) is 0 Å². The lowest BCUT2D eigenvalue weighted by atomic mass is 9.98. The molecule has 0 aromatic carbocycles. The van der Waals surface area contributed by atoms with Gasteiger partial charge in [0.05, 0.1) is 11.8 Å². The Balaban J connectivity index is 2.18. The molecule has 1 aliphatic heterocycles. The molecule has 1 N–H and O–H groups in total. The average Bonchev–Trinajstić information content (AvgIpc) is 2.90. The van der Waals surface area contributed by atoms with Crippen molar-refractivity contribution in [2.75, 3.05) is 38.3 Å². The molecule has 1 saturated heterocycles. The number of pyridine rings is 1. The third-order valence-corrected chi connectivity index (χ3v) is 5.54. The second-order valence-corrected chi connectivity index (χ2v) is 8.46. The van der Waals surface area contributed by atoms with Crippen molar-refractivity contribution in [2.45, 2.75) is 25.8 Å². The Bertz CT molecular complexity index is 690. The zero-order valence-electron chi connectivity index (χ0n) is 14.7. The van der Waals surface area contributed by atoms with Gasteiger partial charge in [0.15, 0.2) is 0 Å². The van der Waals surface area contributed by atoms with Gasteiger partial charge < -0.3 is 10.2 Å². The van der Waals surface area contributed by atoms with Crippen molar-refractivity contribution in [3.05, 3.63) is 23.9 Å². The molecular weight excluding hydrogens is 328 g/mol. The summed E-state index contributed by atoms with van der Waals surface area (Å²) in [5.41, 5.74) is 0.496. The van der Waals surface area contributed by atoms with Crippen LogP contribution in [-0.4, -0.2) is 63.1 Å². The molecule has 24 heavy (non-hydrogen) atoms. The number of sulfonamides is 1. The number of aromatic nitrogens is 1. The lowest BCUT2D eigenvalue weighted by Crippen LogP contribution is -2.41. The van der Waals surface area contributed by atoms with E-state index >= 15 is 0 Å². The summed E-state index contributed by atoms with van der Waals surface area (Å²) in [7, 11) is 0.419. The minimum atomic E-state index is -3.25. The first-order chi connectivity index (χ1) is 11.2. The molecular formula is C16H26N4O3S. The van der Waals surface area contributed by atoms with E-state index in [1.807, 2.05) is 14.1 Å². The minimum Gasteiger partial charge on any atom is -0.362 e. The molecule has 1 fully saturated rings. The molecule has 1 amide bonds. The maximum atomic E-state index is 12.7. The van der Waals surface area contributed by atoms with Gasteiger partial charge in [-0.05, 0) is 24.5 Å². The van der Waals surface area contributed by atoms with Gasteiger partial charge in [-0.1, -0.05) is 13.3 Å². The summed E-state index contributed by atoms with van der Waals surface area (Å²) >= 11 is 0. The predicted octanol–water partition coefficient (Wildman–Crippen LogP) is 0.937. The van der Waals surface area contributed by atoms with Gasteiger partial charge in [0.1, 0.15) is 5.82 Å². The molecule has 0 bridgehead atoms. The Labute approximate surface area is 144 Å². The number of carbonyl (C=O) groups is 1. The fourth-order valence-corrected chi connectivity index (χ4v) is 4.00. The molecule has 7 nitrogen and oxygen atoms in total. The van der Waals surface area contributed by atoms with Crippen LogP contribution in [0.25, 0.3) is 0 Å². The third-order valence-electron chi connectivity index (χ3n) is 4.31. The molecule has 0 saturated carbocycles. The topological polar surface area (TPSA) is 82.6 Å². The van der Waals surface area contributed by atoms with Crippen LogP contribution in [0.4, 0.5) is 5.82 Å². The van der Waals surface area contributed by atoms with Gasteiger partial charge in [-0.3, -0.25) is 4.79 Å². The summed E-state index contributed by atoms with van der Waals surface area (Å²) in [6, 6.07) is 3.28. The zero-order chi connectivity index (χ0) is 17.9. The van der Waals surface area contributed by atoms with Crippen LogP contribution in [0.5, 0.6) is 0 Å². The van der Waals surface area contributed by atoms with Gasteiger partial charge in [0.25, 0.3) is 5.91 Å². The number of carbonyl (C=O) groups excluding carboxylic acids is 1. The van der Waals surface area contributed by atoms with E-state index in [0.717, 1.165) is 12.8 Å². The summed E-state index contributed by atoms with van der Waals surface area (Å²) in [5, 5.41) is 3.02. The van der Waals surface area contributed by atoms with E-state index in [1.54, 1.807) is 23.2 Å². The normalized spacial score (nSPS) is 21.7. The van der Waals surface area contributed by atoms with E-state index < -0.39 is 10.0 Å². The van der Waals surface area contributed by atoms with E-state index in [2.05, 4.69) is 17.2 Å². The van der Waals surface area contributed by atoms with E-state index in [9.17, 15) is 13.2 Å². The highest BCUT2D eigenvalue weighted by molar-refractivity contribution is 7.88. The Hall–Kier alpha value is -1.67. The predicted molar refractivity (Wildman–Crippen MR) is 94.6 cm³/mol. The molecule has 1 aromatic rings. The van der Waals surface area contributed by atoms with Crippen molar-refractivity contribution in [3.8, 4) is 0 Å². The Morgan fingerprint density at radius 1 is 1.42 bits per heavy atom. The van der Waals surface area contributed by atoms with Crippen LogP contribution >= 0.6 is 0 Å². The van der Waals surface area contributed by atoms with Crippen LogP contribution < -0.4 is 10.2 Å². The first-order valence-electron chi connectivity index (χ1n) is 8.12. The smallest absolute Gasteiger partial charge is 0.255 e. The highest BCUT2D eigenvalue weighted by Gasteiger charge is 2.37. The number of amides is 1. The zero-order valence-corrected chi connectivity index (χ0v) is 15.5. The highest BCUT2D eigenvalue weighted by atomic mass is 32.2. The minimum absolute atomic E-state index is 0.133.